The quantitative estimate of drug-likeness (QED) is 0.642. The molecule has 1 amide bonds. The van der Waals surface area contributed by atoms with Crippen molar-refractivity contribution in [1.82, 2.24) is 14.8 Å². The smallest absolute Gasteiger partial charge is 0.341 e. The Morgan fingerprint density at radius 2 is 1.85 bits per heavy atom. The molecule has 1 saturated heterocycles. The van der Waals surface area contributed by atoms with E-state index in [2.05, 4.69) is 9.88 Å². The average molecular weight is 448 g/mol. The Hall–Kier alpha value is -2.73. The molecule has 1 aliphatic carbocycles. The van der Waals surface area contributed by atoms with Gasteiger partial charge in [-0.25, -0.2) is 4.79 Å². The van der Waals surface area contributed by atoms with E-state index in [1.807, 2.05) is 48.3 Å². The highest BCUT2D eigenvalue weighted by Gasteiger charge is 2.49. The summed E-state index contributed by atoms with van der Waals surface area (Å²) < 4.78 is 6.03. The molecule has 2 aliphatic heterocycles. The predicted octanol–water partition coefficient (Wildman–Crippen LogP) is 4.25. The van der Waals surface area contributed by atoms with Gasteiger partial charge in [0.15, 0.2) is 0 Å². The number of piperidine rings is 1. The first-order valence-electron chi connectivity index (χ1n) is 12.3. The molecule has 3 heterocycles. The van der Waals surface area contributed by atoms with Gasteiger partial charge in [0.05, 0.1) is 11.3 Å². The SMILES string of the molecule is CN(CCN1CCCCC1)C(=O)[C@H]1CC[C@@]2(CC1)OC(=O)c1c(-c3ccccc3)nccc12. The second kappa shape index (κ2) is 9.26. The first-order chi connectivity index (χ1) is 16.1. The second-order valence-electron chi connectivity index (χ2n) is 9.77. The Labute approximate surface area is 195 Å². The van der Waals surface area contributed by atoms with Gasteiger partial charge in [-0.05, 0) is 57.7 Å². The van der Waals surface area contributed by atoms with Gasteiger partial charge in [0, 0.05) is 43.4 Å². The number of pyridine rings is 1. The summed E-state index contributed by atoms with van der Waals surface area (Å²) >= 11 is 0. The minimum absolute atomic E-state index is 0.000152. The van der Waals surface area contributed by atoms with E-state index >= 15 is 0 Å². The fourth-order valence-electron chi connectivity index (χ4n) is 5.75. The molecule has 33 heavy (non-hydrogen) atoms. The molecule has 0 unspecified atom stereocenters. The molecule has 1 aromatic carbocycles. The van der Waals surface area contributed by atoms with E-state index in [0.29, 0.717) is 24.1 Å². The van der Waals surface area contributed by atoms with E-state index in [-0.39, 0.29) is 17.8 Å². The Bertz CT molecular complexity index is 1010. The van der Waals surface area contributed by atoms with Gasteiger partial charge in [0.2, 0.25) is 5.91 Å². The number of benzene rings is 1. The number of aromatic nitrogens is 1. The lowest BCUT2D eigenvalue weighted by atomic mass is 9.74. The van der Waals surface area contributed by atoms with Crippen LogP contribution in [-0.4, -0.2) is 59.9 Å². The molecule has 0 radical (unpaired) electrons. The van der Waals surface area contributed by atoms with Crippen molar-refractivity contribution in [3.05, 3.63) is 53.7 Å². The van der Waals surface area contributed by atoms with Crippen LogP contribution in [-0.2, 0) is 15.1 Å². The summed E-state index contributed by atoms with van der Waals surface area (Å²) in [5, 5.41) is 0. The predicted molar refractivity (Wildman–Crippen MR) is 127 cm³/mol. The minimum atomic E-state index is -0.623. The molecule has 2 fully saturated rings. The Morgan fingerprint density at radius 3 is 2.58 bits per heavy atom. The van der Waals surface area contributed by atoms with Crippen LogP contribution >= 0.6 is 0 Å². The third-order valence-corrected chi connectivity index (χ3v) is 7.70. The van der Waals surface area contributed by atoms with E-state index in [9.17, 15) is 9.59 Å². The minimum Gasteiger partial charge on any atom is -0.450 e. The number of amides is 1. The molecule has 1 spiro atoms. The number of nitrogens with zero attached hydrogens (tertiary/aromatic N) is 3. The van der Waals surface area contributed by atoms with Crippen LogP contribution < -0.4 is 0 Å². The fraction of sp³-hybridized carbons (Fsp3) is 0.519. The maximum Gasteiger partial charge on any atom is 0.341 e. The highest BCUT2D eigenvalue weighted by atomic mass is 16.6. The molecule has 5 rings (SSSR count). The van der Waals surface area contributed by atoms with Crippen LogP contribution in [0.15, 0.2) is 42.6 Å². The van der Waals surface area contributed by atoms with Gasteiger partial charge in [-0.15, -0.1) is 0 Å². The van der Waals surface area contributed by atoms with E-state index < -0.39 is 5.60 Å². The normalized spacial score (nSPS) is 25.0. The summed E-state index contributed by atoms with van der Waals surface area (Å²) in [5.41, 5.74) is 2.51. The number of carbonyl (C=O) groups is 2. The summed E-state index contributed by atoms with van der Waals surface area (Å²) in [4.78, 5) is 34.9. The molecule has 6 heteroatoms. The molecule has 2 aromatic rings. The highest BCUT2D eigenvalue weighted by molar-refractivity contribution is 6.00. The van der Waals surface area contributed by atoms with Crippen molar-refractivity contribution in [3.63, 3.8) is 0 Å². The van der Waals surface area contributed by atoms with Crippen molar-refractivity contribution in [2.75, 3.05) is 33.2 Å². The topological polar surface area (TPSA) is 62.7 Å². The molecule has 0 N–H and O–H groups in total. The zero-order valence-corrected chi connectivity index (χ0v) is 19.5. The van der Waals surface area contributed by atoms with Crippen LogP contribution in [0.1, 0.15) is 60.9 Å². The highest BCUT2D eigenvalue weighted by Crippen LogP contribution is 2.49. The third kappa shape index (κ3) is 4.29. The number of hydrogen-bond donors (Lipinski definition) is 0. The van der Waals surface area contributed by atoms with E-state index in [4.69, 9.17) is 4.74 Å². The Morgan fingerprint density at radius 1 is 1.12 bits per heavy atom. The summed E-state index contributed by atoms with van der Waals surface area (Å²) in [6, 6.07) is 11.7. The summed E-state index contributed by atoms with van der Waals surface area (Å²) in [6.07, 6.45) is 8.47. The molecular formula is C27H33N3O3. The number of ether oxygens (including phenoxy) is 1. The van der Waals surface area contributed by atoms with E-state index in [0.717, 1.165) is 50.1 Å². The largest absolute Gasteiger partial charge is 0.450 e. The van der Waals surface area contributed by atoms with Gasteiger partial charge in [-0.2, -0.15) is 0 Å². The van der Waals surface area contributed by atoms with Crippen molar-refractivity contribution in [1.29, 1.82) is 0 Å². The van der Waals surface area contributed by atoms with Crippen LogP contribution in [0.4, 0.5) is 0 Å². The van der Waals surface area contributed by atoms with Gasteiger partial charge in [-0.1, -0.05) is 36.8 Å². The second-order valence-corrected chi connectivity index (χ2v) is 9.77. The van der Waals surface area contributed by atoms with Gasteiger partial charge in [0.25, 0.3) is 0 Å². The zero-order chi connectivity index (χ0) is 22.8. The van der Waals surface area contributed by atoms with Crippen molar-refractivity contribution in [2.24, 2.45) is 5.92 Å². The standard InChI is InChI=1S/C27H33N3O3/c1-29(18-19-30-16-6-3-7-17-30)25(31)21-10-13-27(14-11-21)22-12-15-28-24(23(22)26(32)33-27)20-8-4-2-5-9-20/h2,4-5,8-9,12,15,21H,3,6-7,10-11,13-14,16-19H2,1H3/t21-,27-. The van der Waals surface area contributed by atoms with E-state index in [1.54, 1.807) is 6.20 Å². The number of rotatable bonds is 5. The lowest BCUT2D eigenvalue weighted by Gasteiger charge is -2.37. The average Bonchev–Trinajstić information content (AvgIpc) is 3.15. The molecule has 6 nitrogen and oxygen atoms in total. The summed E-state index contributed by atoms with van der Waals surface area (Å²) in [7, 11) is 1.93. The maximum absolute atomic E-state index is 13.1. The number of carbonyl (C=O) groups excluding carboxylic acids is 2. The van der Waals surface area contributed by atoms with Crippen molar-refractivity contribution >= 4 is 11.9 Å². The fourth-order valence-corrected chi connectivity index (χ4v) is 5.75. The first-order valence-corrected chi connectivity index (χ1v) is 12.3. The third-order valence-electron chi connectivity index (χ3n) is 7.70. The zero-order valence-electron chi connectivity index (χ0n) is 19.5. The van der Waals surface area contributed by atoms with Crippen LogP contribution in [0.5, 0.6) is 0 Å². The molecular weight excluding hydrogens is 414 g/mol. The van der Waals surface area contributed by atoms with Crippen LogP contribution in [0, 0.1) is 5.92 Å². The summed E-state index contributed by atoms with van der Waals surface area (Å²) in [6.45, 7) is 4.04. The summed E-state index contributed by atoms with van der Waals surface area (Å²) in [5.74, 6) is -0.0633. The first kappa shape index (κ1) is 22.1. The van der Waals surface area contributed by atoms with Crippen LogP contribution in [0.2, 0.25) is 0 Å². The number of likely N-dealkylation sites (tertiary alicyclic amines) is 1. The number of fused-ring (bicyclic) bond motifs is 2. The molecule has 174 valence electrons. The molecule has 1 aromatic heterocycles. The maximum atomic E-state index is 13.1. The van der Waals surface area contributed by atoms with Crippen molar-refractivity contribution in [3.8, 4) is 11.3 Å². The van der Waals surface area contributed by atoms with Gasteiger partial charge < -0.3 is 14.5 Å². The van der Waals surface area contributed by atoms with Crippen LogP contribution in [0.3, 0.4) is 0 Å². The van der Waals surface area contributed by atoms with Gasteiger partial charge >= 0.3 is 5.97 Å². The van der Waals surface area contributed by atoms with Crippen molar-refractivity contribution in [2.45, 2.75) is 50.5 Å². The molecule has 3 aliphatic rings. The Kier molecular flexibility index (Phi) is 6.19. The van der Waals surface area contributed by atoms with E-state index in [1.165, 1.54) is 19.3 Å². The Balaban J connectivity index is 1.26. The van der Waals surface area contributed by atoms with Crippen molar-refractivity contribution < 1.29 is 14.3 Å². The van der Waals surface area contributed by atoms with Gasteiger partial charge in [0.1, 0.15) is 5.60 Å². The lowest BCUT2D eigenvalue weighted by Crippen LogP contribution is -2.43. The van der Waals surface area contributed by atoms with Gasteiger partial charge in [-0.3, -0.25) is 9.78 Å². The number of hydrogen-bond acceptors (Lipinski definition) is 5. The lowest BCUT2D eigenvalue weighted by molar-refractivity contribution is -0.137. The molecule has 0 atom stereocenters. The monoisotopic (exact) mass is 447 g/mol. The molecule has 1 saturated carbocycles. The van der Waals surface area contributed by atoms with Crippen LogP contribution in [0.25, 0.3) is 11.3 Å². The molecule has 0 bridgehead atoms. The number of esters is 1. The number of likely N-dealkylation sites (N-methyl/N-ethyl adjacent to an activating group) is 1.